The Hall–Kier alpha value is -0.540. The van der Waals surface area contributed by atoms with Crippen molar-refractivity contribution in [3.63, 3.8) is 0 Å². The summed E-state index contributed by atoms with van der Waals surface area (Å²) in [6.45, 7) is 5.40. The van der Waals surface area contributed by atoms with Crippen LogP contribution in [0.4, 0.5) is 4.39 Å². The Balaban J connectivity index is 2.45. The fourth-order valence-electron chi connectivity index (χ4n) is 1.77. The monoisotopic (exact) mass is 255 g/mol. The molecule has 2 atom stereocenters. The maximum absolute atomic E-state index is 12.8. The molecule has 0 saturated carbocycles. The molecule has 1 N–H and O–H groups in total. The first-order valence-corrected chi connectivity index (χ1v) is 7.47. The van der Waals surface area contributed by atoms with E-state index in [0.717, 1.165) is 13.0 Å². The first-order chi connectivity index (χ1) is 8.17. The smallest absolute Gasteiger partial charge is 0.123 e. The maximum atomic E-state index is 12.8. The average Bonchev–Trinajstić information content (AvgIpc) is 2.35. The third kappa shape index (κ3) is 5.09. The van der Waals surface area contributed by atoms with Crippen LogP contribution in [0.2, 0.25) is 0 Å². The molecule has 1 aromatic rings. The van der Waals surface area contributed by atoms with Gasteiger partial charge in [-0.15, -0.1) is 0 Å². The summed E-state index contributed by atoms with van der Waals surface area (Å²) < 4.78 is 12.8. The fraction of sp³-hybridized carbons (Fsp3) is 0.571. The van der Waals surface area contributed by atoms with Gasteiger partial charge in [-0.2, -0.15) is 11.8 Å². The molecular weight excluding hydrogens is 233 g/mol. The summed E-state index contributed by atoms with van der Waals surface area (Å²) in [5, 5.41) is 4.22. The highest BCUT2D eigenvalue weighted by Gasteiger charge is 2.09. The van der Waals surface area contributed by atoms with Crippen molar-refractivity contribution in [3.8, 4) is 0 Å². The van der Waals surface area contributed by atoms with Crippen LogP contribution < -0.4 is 5.32 Å². The number of thioether (sulfide) groups is 1. The van der Waals surface area contributed by atoms with Gasteiger partial charge < -0.3 is 5.32 Å². The average molecular weight is 255 g/mol. The summed E-state index contributed by atoms with van der Waals surface area (Å²) in [6.07, 6.45) is 4.33. The number of nitrogens with one attached hydrogen (secondary N) is 1. The van der Waals surface area contributed by atoms with E-state index in [1.54, 1.807) is 0 Å². The largest absolute Gasteiger partial charge is 0.310 e. The van der Waals surface area contributed by atoms with Crippen molar-refractivity contribution in [2.75, 3.05) is 12.8 Å². The van der Waals surface area contributed by atoms with E-state index in [0.29, 0.717) is 11.3 Å². The normalized spacial score (nSPS) is 14.6. The molecule has 0 aliphatic heterocycles. The van der Waals surface area contributed by atoms with Gasteiger partial charge in [0.1, 0.15) is 5.82 Å². The molecule has 1 rings (SSSR count). The van der Waals surface area contributed by atoms with E-state index in [9.17, 15) is 4.39 Å². The van der Waals surface area contributed by atoms with E-state index < -0.39 is 0 Å². The minimum atomic E-state index is -0.167. The molecule has 3 heteroatoms. The van der Waals surface area contributed by atoms with Gasteiger partial charge in [-0.25, -0.2) is 4.39 Å². The summed E-state index contributed by atoms with van der Waals surface area (Å²) in [5.41, 5.74) is 1.17. The molecule has 0 heterocycles. The van der Waals surface area contributed by atoms with Crippen molar-refractivity contribution < 1.29 is 4.39 Å². The lowest BCUT2D eigenvalue weighted by Crippen LogP contribution is -2.23. The van der Waals surface area contributed by atoms with Crippen LogP contribution in [-0.4, -0.2) is 18.1 Å². The molecule has 0 aliphatic rings. The lowest BCUT2D eigenvalue weighted by molar-refractivity contribution is 0.509. The lowest BCUT2D eigenvalue weighted by Gasteiger charge is -2.18. The summed E-state index contributed by atoms with van der Waals surface area (Å²) in [4.78, 5) is 0. The molecule has 0 amide bonds. The van der Waals surface area contributed by atoms with Crippen LogP contribution in [0.1, 0.15) is 38.3 Å². The zero-order valence-corrected chi connectivity index (χ0v) is 11.7. The number of halogens is 1. The molecule has 0 fully saturated rings. The minimum Gasteiger partial charge on any atom is -0.310 e. The van der Waals surface area contributed by atoms with Gasteiger partial charge in [0.25, 0.3) is 0 Å². The van der Waals surface area contributed by atoms with E-state index in [1.807, 2.05) is 23.9 Å². The van der Waals surface area contributed by atoms with Crippen molar-refractivity contribution in [3.05, 3.63) is 35.6 Å². The van der Waals surface area contributed by atoms with Crippen molar-refractivity contribution in [2.45, 2.75) is 38.0 Å². The fourth-order valence-corrected chi connectivity index (χ4v) is 2.13. The predicted octanol–water partition coefficient (Wildman–Crippen LogP) is 4.01. The van der Waals surface area contributed by atoms with Crippen molar-refractivity contribution in [2.24, 2.45) is 0 Å². The molecule has 0 radical (unpaired) electrons. The molecule has 0 spiro atoms. The zero-order valence-electron chi connectivity index (χ0n) is 10.9. The van der Waals surface area contributed by atoms with Gasteiger partial charge >= 0.3 is 0 Å². The molecule has 17 heavy (non-hydrogen) atoms. The Kier molecular flexibility index (Phi) is 6.60. The van der Waals surface area contributed by atoms with Crippen molar-refractivity contribution in [1.82, 2.24) is 5.32 Å². The second-order valence-corrected chi connectivity index (χ2v) is 5.58. The van der Waals surface area contributed by atoms with Crippen LogP contribution >= 0.6 is 11.8 Å². The van der Waals surface area contributed by atoms with Crippen LogP contribution in [-0.2, 0) is 0 Å². The van der Waals surface area contributed by atoms with Crippen LogP contribution in [0.3, 0.4) is 0 Å². The molecule has 2 unspecified atom stereocenters. The molecule has 0 saturated heterocycles. The number of rotatable bonds is 7. The summed E-state index contributed by atoms with van der Waals surface area (Å²) in [5.74, 6) is -0.167. The van der Waals surface area contributed by atoms with Gasteiger partial charge in [0, 0.05) is 11.3 Å². The van der Waals surface area contributed by atoms with Crippen LogP contribution in [0.5, 0.6) is 0 Å². The second-order valence-electron chi connectivity index (χ2n) is 4.30. The third-order valence-electron chi connectivity index (χ3n) is 3.02. The zero-order chi connectivity index (χ0) is 12.7. The van der Waals surface area contributed by atoms with Crippen LogP contribution in [0, 0.1) is 5.82 Å². The predicted molar refractivity (Wildman–Crippen MR) is 75.0 cm³/mol. The third-order valence-corrected chi connectivity index (χ3v) is 4.07. The number of hydrogen-bond donors (Lipinski definition) is 1. The van der Waals surface area contributed by atoms with Gasteiger partial charge in [0.2, 0.25) is 0 Å². The van der Waals surface area contributed by atoms with Gasteiger partial charge in [-0.3, -0.25) is 0 Å². The van der Waals surface area contributed by atoms with E-state index in [1.165, 1.54) is 24.1 Å². The highest BCUT2D eigenvalue weighted by Crippen LogP contribution is 2.17. The van der Waals surface area contributed by atoms with E-state index in [-0.39, 0.29) is 5.82 Å². The maximum Gasteiger partial charge on any atom is 0.123 e. The van der Waals surface area contributed by atoms with Crippen LogP contribution in [0.25, 0.3) is 0 Å². The first-order valence-electron chi connectivity index (χ1n) is 6.19. The summed E-state index contributed by atoms with van der Waals surface area (Å²) >= 11 is 1.89. The van der Waals surface area contributed by atoms with Gasteiger partial charge in [0.15, 0.2) is 0 Å². The lowest BCUT2D eigenvalue weighted by atomic mass is 10.0. The summed E-state index contributed by atoms with van der Waals surface area (Å²) in [7, 11) is 0. The van der Waals surface area contributed by atoms with E-state index in [4.69, 9.17) is 0 Å². The second kappa shape index (κ2) is 7.72. The Bertz CT molecular complexity index is 313. The van der Waals surface area contributed by atoms with Crippen LogP contribution in [0.15, 0.2) is 24.3 Å². The SMILES string of the molecule is CCC(NCCC(C)SC)c1ccc(F)cc1. The Labute approximate surface area is 108 Å². The number of hydrogen-bond acceptors (Lipinski definition) is 2. The molecule has 96 valence electrons. The van der Waals surface area contributed by atoms with Gasteiger partial charge in [-0.05, 0) is 43.3 Å². The van der Waals surface area contributed by atoms with Crippen molar-refractivity contribution >= 4 is 11.8 Å². The molecule has 0 bridgehead atoms. The quantitative estimate of drug-likeness (QED) is 0.790. The number of benzene rings is 1. The summed E-state index contributed by atoms with van der Waals surface area (Å²) in [6, 6.07) is 7.14. The molecule has 0 aromatic heterocycles. The van der Waals surface area contributed by atoms with Gasteiger partial charge in [0.05, 0.1) is 0 Å². The van der Waals surface area contributed by atoms with E-state index >= 15 is 0 Å². The Morgan fingerprint density at radius 3 is 2.47 bits per heavy atom. The molecular formula is C14H22FNS. The van der Waals surface area contributed by atoms with E-state index in [2.05, 4.69) is 25.4 Å². The topological polar surface area (TPSA) is 12.0 Å². The Morgan fingerprint density at radius 1 is 1.29 bits per heavy atom. The first kappa shape index (κ1) is 14.5. The molecule has 0 aliphatic carbocycles. The molecule has 1 aromatic carbocycles. The highest BCUT2D eigenvalue weighted by molar-refractivity contribution is 7.99. The Morgan fingerprint density at radius 2 is 1.94 bits per heavy atom. The standard InChI is InChI=1S/C14H22FNS/c1-4-14(16-10-9-11(2)17-3)12-5-7-13(15)8-6-12/h5-8,11,14,16H,4,9-10H2,1-3H3. The molecule has 1 nitrogen and oxygen atoms in total. The minimum absolute atomic E-state index is 0.167. The van der Waals surface area contributed by atoms with Gasteiger partial charge in [-0.1, -0.05) is 26.0 Å². The van der Waals surface area contributed by atoms with Crippen molar-refractivity contribution in [1.29, 1.82) is 0 Å². The highest BCUT2D eigenvalue weighted by atomic mass is 32.2.